The molecule has 14 heavy (non-hydrogen) atoms. The Morgan fingerprint density at radius 3 is 2.50 bits per heavy atom. The summed E-state index contributed by atoms with van der Waals surface area (Å²) in [7, 11) is 0. The molecule has 2 nitrogen and oxygen atoms in total. The van der Waals surface area contributed by atoms with Crippen LogP contribution in [0.3, 0.4) is 0 Å². The van der Waals surface area contributed by atoms with Gasteiger partial charge in [-0.25, -0.2) is 0 Å². The van der Waals surface area contributed by atoms with Gasteiger partial charge in [0.1, 0.15) is 6.61 Å². The lowest BCUT2D eigenvalue weighted by molar-refractivity contribution is -0.191. The van der Waals surface area contributed by atoms with Crippen LogP contribution in [0.25, 0.3) is 0 Å². The van der Waals surface area contributed by atoms with Gasteiger partial charge in [0.15, 0.2) is 0 Å². The smallest absolute Gasteiger partial charge is 0.367 e. The topological polar surface area (TPSA) is 33.0 Å². The van der Waals surface area contributed by atoms with E-state index in [9.17, 15) is 13.2 Å². The van der Waals surface area contributed by atoms with Crippen molar-refractivity contribution < 1.29 is 17.9 Å². The standard InChI is InChI=1S/C9H12F3NO/c10-9(11,12)6-14-8-4-2-1-3-7(8)5-13/h7-8H,1-4,6H2. The lowest BCUT2D eigenvalue weighted by Gasteiger charge is -2.27. The first-order valence-corrected chi connectivity index (χ1v) is 4.61. The highest BCUT2D eigenvalue weighted by Crippen LogP contribution is 2.28. The maximum Gasteiger partial charge on any atom is 0.411 e. The van der Waals surface area contributed by atoms with E-state index in [2.05, 4.69) is 0 Å². The molecule has 0 amide bonds. The zero-order chi connectivity index (χ0) is 10.6. The molecule has 0 heterocycles. The fraction of sp³-hybridized carbons (Fsp3) is 0.889. The second-order valence-corrected chi connectivity index (χ2v) is 3.48. The van der Waals surface area contributed by atoms with Crippen molar-refractivity contribution >= 4 is 0 Å². The highest BCUT2D eigenvalue weighted by molar-refractivity contribution is 4.91. The van der Waals surface area contributed by atoms with Gasteiger partial charge in [0.2, 0.25) is 0 Å². The second kappa shape index (κ2) is 4.65. The molecular weight excluding hydrogens is 195 g/mol. The number of hydrogen-bond donors (Lipinski definition) is 0. The van der Waals surface area contributed by atoms with Crippen molar-refractivity contribution in [3.05, 3.63) is 0 Å². The van der Waals surface area contributed by atoms with Crippen molar-refractivity contribution in [3.8, 4) is 6.07 Å². The number of nitrogens with zero attached hydrogens (tertiary/aromatic N) is 1. The van der Waals surface area contributed by atoms with Gasteiger partial charge in [-0.05, 0) is 12.8 Å². The highest BCUT2D eigenvalue weighted by atomic mass is 19.4. The molecule has 2 unspecified atom stereocenters. The normalized spacial score (nSPS) is 28.4. The molecule has 0 aromatic carbocycles. The van der Waals surface area contributed by atoms with Gasteiger partial charge in [-0.2, -0.15) is 18.4 Å². The second-order valence-electron chi connectivity index (χ2n) is 3.48. The summed E-state index contributed by atoms with van der Waals surface area (Å²) in [4.78, 5) is 0. The summed E-state index contributed by atoms with van der Waals surface area (Å²) in [6.07, 6.45) is -1.86. The first-order valence-electron chi connectivity index (χ1n) is 4.61. The molecular formula is C9H12F3NO. The molecule has 0 aliphatic heterocycles. The van der Waals surface area contributed by atoms with E-state index in [1.165, 1.54) is 0 Å². The number of hydrogen-bond acceptors (Lipinski definition) is 2. The van der Waals surface area contributed by atoms with Crippen LogP contribution in [0.2, 0.25) is 0 Å². The zero-order valence-electron chi connectivity index (χ0n) is 7.68. The molecule has 0 aromatic rings. The summed E-state index contributed by atoms with van der Waals surface area (Å²) in [5.74, 6) is -0.369. The predicted molar refractivity (Wildman–Crippen MR) is 43.4 cm³/mol. The van der Waals surface area contributed by atoms with Gasteiger partial charge in [0.25, 0.3) is 0 Å². The van der Waals surface area contributed by atoms with Crippen LogP contribution in [0.1, 0.15) is 25.7 Å². The van der Waals surface area contributed by atoms with E-state index in [0.717, 1.165) is 12.8 Å². The van der Waals surface area contributed by atoms with E-state index in [4.69, 9.17) is 10.00 Å². The number of alkyl halides is 3. The first kappa shape index (κ1) is 11.3. The van der Waals surface area contributed by atoms with Crippen LogP contribution < -0.4 is 0 Å². The molecule has 0 aromatic heterocycles. The van der Waals surface area contributed by atoms with Gasteiger partial charge < -0.3 is 4.74 Å². The molecule has 80 valence electrons. The van der Waals surface area contributed by atoms with Crippen LogP contribution in [-0.4, -0.2) is 18.9 Å². The molecule has 0 spiro atoms. The molecule has 0 N–H and O–H groups in total. The van der Waals surface area contributed by atoms with Crippen LogP contribution >= 0.6 is 0 Å². The van der Waals surface area contributed by atoms with E-state index >= 15 is 0 Å². The molecule has 1 fully saturated rings. The SMILES string of the molecule is N#CC1CCCCC1OCC(F)(F)F. The molecule has 0 bridgehead atoms. The third kappa shape index (κ3) is 3.54. The molecule has 5 heteroatoms. The van der Waals surface area contributed by atoms with E-state index in [1.54, 1.807) is 0 Å². The van der Waals surface area contributed by atoms with Crippen molar-refractivity contribution in [2.75, 3.05) is 6.61 Å². The fourth-order valence-electron chi connectivity index (χ4n) is 1.65. The summed E-state index contributed by atoms with van der Waals surface area (Å²) in [6.45, 7) is -1.24. The molecule has 0 saturated heterocycles. The molecule has 1 rings (SSSR count). The monoisotopic (exact) mass is 207 g/mol. The van der Waals surface area contributed by atoms with Gasteiger partial charge in [-0.15, -0.1) is 0 Å². The average molecular weight is 207 g/mol. The average Bonchev–Trinajstić information content (AvgIpc) is 2.14. The third-order valence-corrected chi connectivity index (χ3v) is 2.33. The van der Waals surface area contributed by atoms with Crippen LogP contribution in [0.15, 0.2) is 0 Å². The molecule has 1 aliphatic carbocycles. The maximum absolute atomic E-state index is 11.8. The largest absolute Gasteiger partial charge is 0.411 e. The van der Waals surface area contributed by atoms with Crippen LogP contribution in [0.4, 0.5) is 13.2 Å². The minimum Gasteiger partial charge on any atom is -0.367 e. The minimum atomic E-state index is -4.29. The Kier molecular flexibility index (Phi) is 3.76. The Labute approximate surface area is 80.7 Å². The summed E-state index contributed by atoms with van der Waals surface area (Å²) >= 11 is 0. The number of nitriles is 1. The predicted octanol–water partition coefficient (Wildman–Crippen LogP) is 2.65. The van der Waals surface area contributed by atoms with E-state index in [-0.39, 0.29) is 5.92 Å². The Hall–Kier alpha value is -0.760. The van der Waals surface area contributed by atoms with Crippen molar-refractivity contribution in [1.82, 2.24) is 0 Å². The van der Waals surface area contributed by atoms with Crippen LogP contribution in [-0.2, 0) is 4.74 Å². The number of ether oxygens (including phenoxy) is 1. The molecule has 0 radical (unpaired) electrons. The van der Waals surface area contributed by atoms with Crippen molar-refractivity contribution in [1.29, 1.82) is 5.26 Å². The van der Waals surface area contributed by atoms with Crippen LogP contribution in [0, 0.1) is 17.2 Å². The van der Waals surface area contributed by atoms with E-state index < -0.39 is 18.9 Å². The van der Waals surface area contributed by atoms with Crippen molar-refractivity contribution in [3.63, 3.8) is 0 Å². The summed E-state index contributed by atoms with van der Waals surface area (Å²) in [5, 5.41) is 8.68. The lowest BCUT2D eigenvalue weighted by Crippen LogP contribution is -2.30. The first-order chi connectivity index (χ1) is 6.53. The third-order valence-electron chi connectivity index (χ3n) is 2.33. The van der Waals surface area contributed by atoms with Gasteiger partial charge in [-0.1, -0.05) is 12.8 Å². The fourth-order valence-corrected chi connectivity index (χ4v) is 1.65. The lowest BCUT2D eigenvalue weighted by atomic mass is 9.87. The minimum absolute atomic E-state index is 0.369. The Morgan fingerprint density at radius 1 is 1.29 bits per heavy atom. The zero-order valence-corrected chi connectivity index (χ0v) is 7.68. The molecule has 2 atom stereocenters. The Balaban J connectivity index is 2.38. The summed E-state index contributed by atoms with van der Waals surface area (Å²) in [6, 6.07) is 2.00. The quantitative estimate of drug-likeness (QED) is 0.697. The molecule has 1 saturated carbocycles. The van der Waals surface area contributed by atoms with Crippen molar-refractivity contribution in [2.24, 2.45) is 5.92 Å². The molecule has 1 aliphatic rings. The van der Waals surface area contributed by atoms with Gasteiger partial charge >= 0.3 is 6.18 Å². The van der Waals surface area contributed by atoms with Crippen LogP contribution in [0.5, 0.6) is 0 Å². The Bertz CT molecular complexity index is 221. The van der Waals surface area contributed by atoms with E-state index in [0.29, 0.717) is 12.8 Å². The van der Waals surface area contributed by atoms with Gasteiger partial charge in [0, 0.05) is 0 Å². The Morgan fingerprint density at radius 2 is 1.93 bits per heavy atom. The summed E-state index contributed by atoms with van der Waals surface area (Å²) < 4.78 is 40.2. The maximum atomic E-state index is 11.8. The number of halogens is 3. The van der Waals surface area contributed by atoms with Gasteiger partial charge in [0.05, 0.1) is 18.1 Å². The number of rotatable bonds is 2. The van der Waals surface area contributed by atoms with Crippen molar-refractivity contribution in [2.45, 2.75) is 38.0 Å². The summed E-state index contributed by atoms with van der Waals surface area (Å²) in [5.41, 5.74) is 0. The van der Waals surface area contributed by atoms with Gasteiger partial charge in [-0.3, -0.25) is 0 Å². The van der Waals surface area contributed by atoms with E-state index in [1.807, 2.05) is 6.07 Å². The highest BCUT2D eigenvalue weighted by Gasteiger charge is 2.32.